The Kier molecular flexibility index (Phi) is 9.15. The number of rotatable bonds is 7. The fraction of sp³-hybridized carbons (Fsp3) is 0.100. The van der Waals surface area contributed by atoms with Crippen molar-refractivity contribution in [2.45, 2.75) is 13.2 Å². The number of aromatic nitrogens is 1. The number of ether oxygens (including phenoxy) is 2. The van der Waals surface area contributed by atoms with Crippen molar-refractivity contribution in [1.82, 2.24) is 3.97 Å². The van der Waals surface area contributed by atoms with Crippen molar-refractivity contribution in [2.24, 2.45) is 0 Å². The van der Waals surface area contributed by atoms with Gasteiger partial charge in [-0.2, -0.15) is 0 Å². The Bertz CT molecular complexity index is 1140. The molecule has 8 nitrogen and oxygen atoms in total. The molecule has 1 aromatic heterocycles. The van der Waals surface area contributed by atoms with Crippen LogP contribution in [0.3, 0.4) is 0 Å². The van der Waals surface area contributed by atoms with Crippen molar-refractivity contribution in [3.63, 3.8) is 0 Å². The summed E-state index contributed by atoms with van der Waals surface area (Å²) < 4.78 is 38.5. The number of carbonyl (C=O) groups excluding carboxylic acids is 2. The Morgan fingerprint density at radius 3 is 1.94 bits per heavy atom. The van der Waals surface area contributed by atoms with Crippen LogP contribution in [-0.2, 0) is 32.9 Å². The van der Waals surface area contributed by atoms with Crippen molar-refractivity contribution in [3.05, 3.63) is 99.5 Å². The predicted octanol–water partition coefficient (Wildman–Crippen LogP) is 1.31. The summed E-state index contributed by atoms with van der Waals surface area (Å²) in [6, 6.07) is 18.7. The molecule has 0 radical (unpaired) electrons. The number of carbonyl (C=O) groups is 2. The maximum Gasteiger partial charge on any atom is 1.00 e. The third-order valence-corrected chi connectivity index (χ3v) is 5.34. The minimum Gasteiger partial charge on any atom is -0.492 e. The van der Waals surface area contributed by atoms with E-state index >= 15 is 0 Å². The number of benzene rings is 2. The Morgan fingerprint density at radius 1 is 0.871 bits per heavy atom. The summed E-state index contributed by atoms with van der Waals surface area (Å²) >= 11 is 5.96. The van der Waals surface area contributed by atoms with Crippen LogP contribution >= 0.6 is 11.6 Å². The third-order valence-electron chi connectivity index (χ3n) is 3.85. The van der Waals surface area contributed by atoms with Gasteiger partial charge < -0.3 is 14.2 Å². The minimum atomic E-state index is -4.62. The fourth-order valence-electron chi connectivity index (χ4n) is 2.45. The van der Waals surface area contributed by atoms with Crippen molar-refractivity contribution in [1.29, 1.82) is 0 Å². The summed E-state index contributed by atoms with van der Waals surface area (Å²) in [4.78, 5) is 24.3. The van der Waals surface area contributed by atoms with Crippen LogP contribution in [0.4, 0.5) is 4.79 Å². The van der Waals surface area contributed by atoms with Crippen LogP contribution in [0.1, 0.15) is 21.6 Å². The molecular weight excluding hydrogens is 455 g/mol. The second-order valence-electron chi connectivity index (χ2n) is 5.98. The van der Waals surface area contributed by atoms with Gasteiger partial charge in [0.25, 0.3) is 0 Å². The van der Waals surface area contributed by atoms with Crippen LogP contribution in [0, 0.1) is 0 Å². The maximum atomic E-state index is 12.5. The monoisotopic (exact) mass is 470 g/mol. The molecule has 156 valence electrons. The second kappa shape index (κ2) is 11.4. The standard InChI is InChI=1S/C20H17ClN2O6S.Na/c21-17-11-12-23(18(17)19(24)28-13-15-7-3-1-4-8-15)30(26,27)22-20(25)29-14-16-9-5-2-6-10-16;/h1-12H,13-14H2,(H,22,25);/q;+1/p-1. The first-order valence-electron chi connectivity index (χ1n) is 8.64. The Morgan fingerprint density at radius 2 is 1.39 bits per heavy atom. The number of esters is 1. The molecule has 3 aromatic rings. The molecule has 1 heterocycles. The van der Waals surface area contributed by atoms with Gasteiger partial charge in [0, 0.05) is 6.20 Å². The van der Waals surface area contributed by atoms with E-state index in [1.807, 2.05) is 0 Å². The van der Waals surface area contributed by atoms with Gasteiger partial charge >= 0.3 is 35.5 Å². The fourth-order valence-corrected chi connectivity index (χ4v) is 3.67. The van der Waals surface area contributed by atoms with Crippen LogP contribution in [0.5, 0.6) is 0 Å². The van der Waals surface area contributed by atoms with Crippen molar-refractivity contribution < 1.29 is 57.0 Å². The van der Waals surface area contributed by atoms with Crippen molar-refractivity contribution in [2.75, 3.05) is 0 Å². The Balaban J connectivity index is 0.00000341. The molecule has 31 heavy (non-hydrogen) atoms. The number of hydrogen-bond acceptors (Lipinski definition) is 6. The molecule has 2 aromatic carbocycles. The molecule has 0 aliphatic heterocycles. The first kappa shape index (κ1) is 25.0. The maximum absolute atomic E-state index is 12.5. The van der Waals surface area contributed by atoms with Gasteiger partial charge in [0.1, 0.15) is 13.2 Å². The minimum absolute atomic E-state index is 0. The van der Waals surface area contributed by atoms with E-state index in [-0.39, 0.29) is 47.8 Å². The van der Waals surface area contributed by atoms with Crippen LogP contribution in [-0.4, -0.2) is 24.5 Å². The van der Waals surface area contributed by atoms with Crippen LogP contribution in [0.2, 0.25) is 5.02 Å². The third kappa shape index (κ3) is 6.84. The SMILES string of the molecule is O=C([N-]S(=O)(=O)n1ccc(Cl)c1C(=O)OCc1ccccc1)OCc1ccccc1.[Na+]. The number of nitrogens with zero attached hydrogens (tertiary/aromatic N) is 2. The Hall–Kier alpha value is -2.30. The predicted molar refractivity (Wildman–Crippen MR) is 109 cm³/mol. The summed E-state index contributed by atoms with van der Waals surface area (Å²) in [5.41, 5.74) is 0.900. The van der Waals surface area contributed by atoms with Crippen molar-refractivity contribution >= 4 is 33.9 Å². The van der Waals surface area contributed by atoms with Gasteiger partial charge in [0.2, 0.25) is 6.09 Å². The van der Waals surface area contributed by atoms with Gasteiger partial charge in [0.05, 0.1) is 5.02 Å². The van der Waals surface area contributed by atoms with E-state index in [0.717, 1.165) is 6.20 Å². The molecule has 11 heteroatoms. The Labute approximate surface area is 206 Å². The van der Waals surface area contributed by atoms with Crippen LogP contribution in [0.25, 0.3) is 4.72 Å². The summed E-state index contributed by atoms with van der Waals surface area (Å²) in [6.45, 7) is -0.241. The van der Waals surface area contributed by atoms with Gasteiger partial charge in [-0.1, -0.05) is 72.3 Å². The topological polar surface area (TPSA) is 106 Å². The van der Waals surface area contributed by atoms with Gasteiger partial charge in [-0.05, 0) is 17.2 Å². The van der Waals surface area contributed by atoms with E-state index in [1.54, 1.807) is 60.7 Å². The van der Waals surface area contributed by atoms with E-state index in [9.17, 15) is 18.0 Å². The quantitative estimate of drug-likeness (QED) is 0.381. The molecule has 1 amide bonds. The van der Waals surface area contributed by atoms with Gasteiger partial charge in [-0.15, -0.1) is 0 Å². The molecule has 0 aliphatic carbocycles. The average Bonchev–Trinajstić information content (AvgIpc) is 3.14. The molecular formula is C20H16ClN2NaO6S. The summed E-state index contributed by atoms with van der Waals surface area (Å²) in [5.74, 6) is -0.981. The molecule has 0 bridgehead atoms. The van der Waals surface area contributed by atoms with Gasteiger partial charge in [-0.3, -0.25) is 4.79 Å². The molecule has 0 saturated carbocycles. The van der Waals surface area contributed by atoms with E-state index in [4.69, 9.17) is 21.1 Å². The molecule has 0 N–H and O–H groups in total. The number of amides is 1. The average molecular weight is 471 g/mol. The molecule has 0 aliphatic rings. The normalized spacial score (nSPS) is 10.6. The molecule has 3 rings (SSSR count). The van der Waals surface area contributed by atoms with Crippen LogP contribution < -0.4 is 29.6 Å². The van der Waals surface area contributed by atoms with Gasteiger partial charge in [-0.25, -0.2) is 17.2 Å². The summed E-state index contributed by atoms with van der Waals surface area (Å²) in [7, 11) is -4.62. The van der Waals surface area contributed by atoms with E-state index < -0.39 is 28.0 Å². The first-order valence-corrected chi connectivity index (χ1v) is 10.4. The summed E-state index contributed by atoms with van der Waals surface area (Å²) in [6.07, 6.45) is -0.322. The molecule has 0 saturated heterocycles. The number of hydrogen-bond donors (Lipinski definition) is 0. The van der Waals surface area contributed by atoms with Gasteiger partial charge in [0.15, 0.2) is 15.9 Å². The first-order chi connectivity index (χ1) is 14.4. The van der Waals surface area contributed by atoms with E-state index in [0.29, 0.717) is 15.1 Å². The molecule has 0 spiro atoms. The van der Waals surface area contributed by atoms with E-state index in [1.165, 1.54) is 6.07 Å². The molecule has 0 fully saturated rings. The second-order valence-corrected chi connectivity index (χ2v) is 7.86. The zero-order valence-electron chi connectivity index (χ0n) is 16.5. The summed E-state index contributed by atoms with van der Waals surface area (Å²) in [5, 5.41) is -0.163. The van der Waals surface area contributed by atoms with Crippen molar-refractivity contribution in [3.8, 4) is 0 Å². The molecule has 0 atom stereocenters. The van der Waals surface area contributed by atoms with Crippen LogP contribution in [0.15, 0.2) is 72.9 Å². The zero-order valence-corrected chi connectivity index (χ0v) is 20.0. The zero-order chi connectivity index (χ0) is 21.6. The molecule has 0 unspecified atom stereocenters. The smallest absolute Gasteiger partial charge is 0.492 e. The van der Waals surface area contributed by atoms with E-state index in [2.05, 4.69) is 4.72 Å². The largest absolute Gasteiger partial charge is 1.00 e. The number of halogens is 1.